The maximum absolute atomic E-state index is 11.5. The molecule has 0 saturated carbocycles. The molecule has 2 aromatic rings. The van der Waals surface area contributed by atoms with Crippen molar-refractivity contribution in [2.24, 2.45) is 0 Å². The van der Waals surface area contributed by atoms with E-state index in [4.69, 9.17) is 0 Å². The van der Waals surface area contributed by atoms with Crippen molar-refractivity contribution < 1.29 is 0 Å². The van der Waals surface area contributed by atoms with Gasteiger partial charge in [0.2, 0.25) is 0 Å². The lowest BCUT2D eigenvalue weighted by molar-refractivity contribution is 0.637. The zero-order valence-electron chi connectivity index (χ0n) is 7.93. The first-order chi connectivity index (χ1) is 7.25. The van der Waals surface area contributed by atoms with Gasteiger partial charge in [-0.25, -0.2) is 4.68 Å². The molecule has 0 aliphatic carbocycles. The van der Waals surface area contributed by atoms with Crippen molar-refractivity contribution in [2.45, 2.75) is 6.54 Å². The molecule has 0 unspecified atom stereocenters. The van der Waals surface area contributed by atoms with E-state index in [0.717, 1.165) is 5.56 Å². The average Bonchev–Trinajstić information content (AvgIpc) is 2.24. The molecule has 0 atom stereocenters. The van der Waals surface area contributed by atoms with Crippen molar-refractivity contribution in [1.29, 1.82) is 0 Å². The second-order valence-corrected chi connectivity index (χ2v) is 4.07. The van der Waals surface area contributed by atoms with Gasteiger partial charge in [-0.1, -0.05) is 30.3 Å². The fraction of sp³-hybridized carbons (Fsp3) is 0.0909. The predicted molar refractivity (Wildman–Crippen MR) is 61.7 cm³/mol. The Balaban J connectivity index is 2.29. The van der Waals surface area contributed by atoms with Crippen LogP contribution >= 0.6 is 15.9 Å². The molecule has 0 radical (unpaired) electrons. The first kappa shape index (κ1) is 10.1. The van der Waals surface area contributed by atoms with Crippen molar-refractivity contribution in [3.63, 3.8) is 0 Å². The Kier molecular flexibility index (Phi) is 2.97. The van der Waals surface area contributed by atoms with Crippen LogP contribution in [0.3, 0.4) is 0 Å². The lowest BCUT2D eigenvalue weighted by atomic mass is 10.2. The molecule has 0 amide bonds. The third-order valence-corrected chi connectivity index (χ3v) is 2.45. The van der Waals surface area contributed by atoms with Crippen molar-refractivity contribution in [3.8, 4) is 0 Å². The van der Waals surface area contributed by atoms with Crippen LogP contribution in [0, 0.1) is 0 Å². The number of hydrogen-bond donors (Lipinski definition) is 0. The Labute approximate surface area is 95.5 Å². The van der Waals surface area contributed by atoms with E-state index < -0.39 is 0 Å². The van der Waals surface area contributed by atoms with Gasteiger partial charge in [-0.15, -0.1) is 0 Å². The molecule has 76 valence electrons. The molecule has 1 heterocycles. The highest BCUT2D eigenvalue weighted by molar-refractivity contribution is 9.10. The molecule has 0 saturated heterocycles. The molecule has 0 aliphatic heterocycles. The maximum Gasteiger partial charge on any atom is 0.268 e. The summed E-state index contributed by atoms with van der Waals surface area (Å²) in [7, 11) is 0. The largest absolute Gasteiger partial charge is 0.268 e. The van der Waals surface area contributed by atoms with Crippen LogP contribution in [0.5, 0.6) is 0 Å². The first-order valence-corrected chi connectivity index (χ1v) is 5.31. The smallest absolute Gasteiger partial charge is 0.268 e. The van der Waals surface area contributed by atoms with Gasteiger partial charge in [-0.05, 0) is 21.5 Å². The van der Waals surface area contributed by atoms with Gasteiger partial charge in [-0.2, -0.15) is 5.10 Å². The molecule has 1 aromatic heterocycles. The van der Waals surface area contributed by atoms with Crippen LogP contribution in [0.2, 0.25) is 0 Å². The SMILES string of the molecule is O=c1cc(Br)cnn1Cc1ccccc1. The maximum atomic E-state index is 11.5. The molecule has 0 bridgehead atoms. The molecule has 0 spiro atoms. The summed E-state index contributed by atoms with van der Waals surface area (Å²) in [6.45, 7) is 0.507. The Bertz CT molecular complexity index is 507. The average molecular weight is 265 g/mol. The summed E-state index contributed by atoms with van der Waals surface area (Å²) in [4.78, 5) is 11.5. The molecular formula is C11H9BrN2O. The summed E-state index contributed by atoms with van der Waals surface area (Å²) in [5, 5.41) is 4.03. The highest BCUT2D eigenvalue weighted by Crippen LogP contribution is 2.03. The molecule has 15 heavy (non-hydrogen) atoms. The molecule has 0 N–H and O–H groups in total. The van der Waals surface area contributed by atoms with E-state index in [1.165, 1.54) is 10.7 Å². The van der Waals surface area contributed by atoms with Crippen LogP contribution in [-0.2, 0) is 6.54 Å². The normalized spacial score (nSPS) is 10.2. The van der Waals surface area contributed by atoms with Gasteiger partial charge in [0.25, 0.3) is 5.56 Å². The van der Waals surface area contributed by atoms with E-state index >= 15 is 0 Å². The number of halogens is 1. The molecule has 0 fully saturated rings. The molecule has 4 heteroatoms. The van der Waals surface area contributed by atoms with Gasteiger partial charge >= 0.3 is 0 Å². The van der Waals surface area contributed by atoms with E-state index in [2.05, 4.69) is 21.0 Å². The third-order valence-electron chi connectivity index (χ3n) is 2.01. The minimum absolute atomic E-state index is 0.103. The summed E-state index contributed by atoms with van der Waals surface area (Å²) in [5.74, 6) is 0. The van der Waals surface area contributed by atoms with E-state index in [1.807, 2.05) is 30.3 Å². The summed E-state index contributed by atoms with van der Waals surface area (Å²) >= 11 is 3.21. The monoisotopic (exact) mass is 264 g/mol. The number of nitrogens with zero attached hydrogens (tertiary/aromatic N) is 2. The third kappa shape index (κ3) is 2.53. The van der Waals surface area contributed by atoms with Crippen LogP contribution in [0.25, 0.3) is 0 Å². The van der Waals surface area contributed by atoms with E-state index in [0.29, 0.717) is 11.0 Å². The minimum atomic E-state index is -0.103. The highest BCUT2D eigenvalue weighted by Gasteiger charge is 1.98. The Morgan fingerprint density at radius 3 is 2.67 bits per heavy atom. The highest BCUT2D eigenvalue weighted by atomic mass is 79.9. The lowest BCUT2D eigenvalue weighted by Gasteiger charge is -2.03. The number of hydrogen-bond acceptors (Lipinski definition) is 2. The number of aromatic nitrogens is 2. The second-order valence-electron chi connectivity index (χ2n) is 3.16. The van der Waals surface area contributed by atoms with E-state index in [-0.39, 0.29) is 5.56 Å². The van der Waals surface area contributed by atoms with Crippen molar-refractivity contribution in [3.05, 3.63) is 63.0 Å². The number of benzene rings is 1. The first-order valence-electron chi connectivity index (χ1n) is 4.52. The number of rotatable bonds is 2. The van der Waals surface area contributed by atoms with Gasteiger partial charge in [0.05, 0.1) is 12.7 Å². The molecule has 2 rings (SSSR count). The van der Waals surface area contributed by atoms with Crippen molar-refractivity contribution in [2.75, 3.05) is 0 Å². The standard InChI is InChI=1S/C11H9BrN2O/c12-10-6-11(15)14(13-7-10)8-9-4-2-1-3-5-9/h1-7H,8H2. The van der Waals surface area contributed by atoms with Crippen molar-refractivity contribution >= 4 is 15.9 Å². The molecule has 3 nitrogen and oxygen atoms in total. The Hall–Kier alpha value is -1.42. The zero-order chi connectivity index (χ0) is 10.7. The summed E-state index contributed by atoms with van der Waals surface area (Å²) in [6.07, 6.45) is 1.62. The van der Waals surface area contributed by atoms with Gasteiger partial charge in [0.15, 0.2) is 0 Å². The second kappa shape index (κ2) is 4.40. The van der Waals surface area contributed by atoms with Gasteiger partial charge in [0, 0.05) is 10.5 Å². The fourth-order valence-corrected chi connectivity index (χ4v) is 1.57. The van der Waals surface area contributed by atoms with Crippen LogP contribution in [0.15, 0.2) is 51.9 Å². The minimum Gasteiger partial charge on any atom is -0.268 e. The van der Waals surface area contributed by atoms with Gasteiger partial charge in [0.1, 0.15) is 0 Å². The fourth-order valence-electron chi connectivity index (χ4n) is 1.29. The topological polar surface area (TPSA) is 34.9 Å². The Morgan fingerprint density at radius 2 is 2.00 bits per heavy atom. The van der Waals surface area contributed by atoms with E-state index in [1.54, 1.807) is 6.20 Å². The van der Waals surface area contributed by atoms with E-state index in [9.17, 15) is 4.79 Å². The van der Waals surface area contributed by atoms with Crippen molar-refractivity contribution in [1.82, 2.24) is 9.78 Å². The summed E-state index contributed by atoms with van der Waals surface area (Å²) in [6, 6.07) is 11.3. The van der Waals surface area contributed by atoms with Crippen LogP contribution < -0.4 is 5.56 Å². The van der Waals surface area contributed by atoms with Gasteiger partial charge in [-0.3, -0.25) is 4.79 Å². The molecule has 1 aromatic carbocycles. The zero-order valence-corrected chi connectivity index (χ0v) is 9.52. The Morgan fingerprint density at radius 1 is 1.27 bits per heavy atom. The lowest BCUT2D eigenvalue weighted by Crippen LogP contribution is -2.22. The summed E-state index contributed by atoms with van der Waals surface area (Å²) < 4.78 is 2.14. The summed E-state index contributed by atoms with van der Waals surface area (Å²) in [5.41, 5.74) is 0.961. The predicted octanol–water partition coefficient (Wildman–Crippen LogP) is 2.05. The van der Waals surface area contributed by atoms with Crippen LogP contribution in [0.1, 0.15) is 5.56 Å². The van der Waals surface area contributed by atoms with Crippen LogP contribution in [0.4, 0.5) is 0 Å². The quantitative estimate of drug-likeness (QED) is 0.833. The van der Waals surface area contributed by atoms with Gasteiger partial charge < -0.3 is 0 Å². The molecule has 0 aliphatic rings. The van der Waals surface area contributed by atoms with Crippen LogP contribution in [-0.4, -0.2) is 9.78 Å². The molecular weight excluding hydrogens is 256 g/mol.